The Bertz CT molecular complexity index is 828. The molecular weight excluding hydrogens is 402 g/mol. The molecule has 8 nitrogen and oxygen atoms in total. The van der Waals surface area contributed by atoms with Crippen LogP contribution in [0.4, 0.5) is 4.79 Å². The zero-order valence-electron chi connectivity index (χ0n) is 17.0. The number of carbonyl (C=O) groups excluding carboxylic acids is 2. The Morgan fingerprint density at radius 3 is 2.73 bits per heavy atom. The van der Waals surface area contributed by atoms with Gasteiger partial charge in [0.05, 0.1) is 49.5 Å². The van der Waals surface area contributed by atoms with E-state index >= 15 is 0 Å². The lowest BCUT2D eigenvalue weighted by Crippen LogP contribution is -2.38. The zero-order valence-corrected chi connectivity index (χ0v) is 17.9. The van der Waals surface area contributed by atoms with E-state index in [9.17, 15) is 9.59 Å². The summed E-state index contributed by atoms with van der Waals surface area (Å²) in [6, 6.07) is 7.75. The van der Waals surface area contributed by atoms with Gasteiger partial charge in [-0.3, -0.25) is 14.7 Å². The van der Waals surface area contributed by atoms with Gasteiger partial charge in [0.2, 0.25) is 0 Å². The number of nitrogens with zero attached hydrogens (tertiary/aromatic N) is 3. The second-order valence-corrected chi connectivity index (χ2v) is 7.99. The molecule has 2 N–H and O–H groups in total. The number of aromatic nitrogens is 2. The van der Waals surface area contributed by atoms with Crippen LogP contribution in [0.15, 0.2) is 41.6 Å². The van der Waals surface area contributed by atoms with Gasteiger partial charge in [-0.25, -0.2) is 4.79 Å². The van der Waals surface area contributed by atoms with Crippen molar-refractivity contribution < 1.29 is 14.3 Å². The van der Waals surface area contributed by atoms with Crippen molar-refractivity contribution in [3.05, 3.63) is 48.0 Å². The predicted molar refractivity (Wildman–Crippen MR) is 115 cm³/mol. The summed E-state index contributed by atoms with van der Waals surface area (Å²) in [6.45, 7) is 0.769. The van der Waals surface area contributed by atoms with Crippen molar-refractivity contribution in [2.24, 2.45) is 0 Å². The summed E-state index contributed by atoms with van der Waals surface area (Å²) in [4.78, 5) is 33.7. The van der Waals surface area contributed by atoms with Crippen molar-refractivity contribution in [2.75, 3.05) is 13.6 Å². The average molecular weight is 430 g/mol. The molecule has 30 heavy (non-hydrogen) atoms. The van der Waals surface area contributed by atoms with Gasteiger partial charge in [-0.2, -0.15) is 0 Å². The van der Waals surface area contributed by atoms with Crippen LogP contribution >= 0.6 is 11.9 Å². The Balaban J connectivity index is 1.47. The molecule has 2 amide bonds. The standard InChI is InChI=1S/C21H27N5O3S/c1-22-21(28)26(9-10-27)15-17-13-23-16(12-24-17)14-25-30-20-8-4-7-19(11-20)29-18-5-2-3-6-18/h4,7-8,10-13,18,25H,2-3,5-6,9,14-15H2,1H3,(H,22,28). The average Bonchev–Trinajstić information content (AvgIpc) is 3.27. The van der Waals surface area contributed by atoms with Crippen molar-refractivity contribution >= 4 is 24.3 Å². The molecule has 1 aromatic heterocycles. The highest BCUT2D eigenvalue weighted by Crippen LogP contribution is 2.26. The highest BCUT2D eigenvalue weighted by Gasteiger charge is 2.16. The summed E-state index contributed by atoms with van der Waals surface area (Å²) in [7, 11) is 1.52. The van der Waals surface area contributed by atoms with Crippen LogP contribution in [0.3, 0.4) is 0 Å². The van der Waals surface area contributed by atoms with E-state index in [-0.39, 0.29) is 19.1 Å². The first-order chi connectivity index (χ1) is 14.7. The Morgan fingerprint density at radius 2 is 2.03 bits per heavy atom. The lowest BCUT2D eigenvalue weighted by molar-refractivity contribution is -0.108. The van der Waals surface area contributed by atoms with Crippen molar-refractivity contribution in [1.29, 1.82) is 0 Å². The SMILES string of the molecule is CNC(=O)N(CC=O)Cc1cnc(CNSc2cccc(OC3CCCC3)c2)cn1. The third-order valence-corrected chi connectivity index (χ3v) is 5.54. The summed E-state index contributed by atoms with van der Waals surface area (Å²) < 4.78 is 9.33. The van der Waals surface area contributed by atoms with E-state index in [0.717, 1.165) is 29.2 Å². The summed E-state index contributed by atoms with van der Waals surface area (Å²) >= 11 is 1.52. The molecular formula is C21H27N5O3S. The molecule has 0 aliphatic heterocycles. The maximum atomic E-state index is 11.8. The minimum absolute atomic E-state index is 0.00479. The van der Waals surface area contributed by atoms with Crippen LogP contribution < -0.4 is 14.8 Å². The number of benzene rings is 1. The summed E-state index contributed by atoms with van der Waals surface area (Å²) in [5.41, 5.74) is 1.40. The lowest BCUT2D eigenvalue weighted by atomic mass is 10.3. The van der Waals surface area contributed by atoms with Gasteiger partial charge >= 0.3 is 6.03 Å². The molecule has 1 aliphatic rings. The number of rotatable bonds is 10. The van der Waals surface area contributed by atoms with E-state index in [1.165, 1.54) is 36.7 Å². The molecule has 0 radical (unpaired) electrons. The van der Waals surface area contributed by atoms with Crippen LogP contribution in [0, 0.1) is 0 Å². The number of aldehydes is 1. The molecule has 1 aromatic carbocycles. The van der Waals surface area contributed by atoms with Gasteiger partial charge in [0.1, 0.15) is 12.0 Å². The number of hydrogen-bond donors (Lipinski definition) is 2. The highest BCUT2D eigenvalue weighted by molar-refractivity contribution is 7.97. The van der Waals surface area contributed by atoms with Gasteiger partial charge in [-0.15, -0.1) is 0 Å². The van der Waals surface area contributed by atoms with Gasteiger partial charge in [0.25, 0.3) is 0 Å². The van der Waals surface area contributed by atoms with Crippen LogP contribution in [0.25, 0.3) is 0 Å². The molecule has 2 aromatic rings. The molecule has 0 saturated heterocycles. The van der Waals surface area contributed by atoms with Gasteiger partial charge in [0.15, 0.2) is 0 Å². The smallest absolute Gasteiger partial charge is 0.317 e. The zero-order chi connectivity index (χ0) is 21.2. The molecule has 1 aliphatic carbocycles. The fourth-order valence-corrected chi connectivity index (χ4v) is 3.93. The largest absolute Gasteiger partial charge is 0.490 e. The molecule has 9 heteroatoms. The van der Waals surface area contributed by atoms with Crippen LogP contribution in [-0.2, 0) is 17.9 Å². The van der Waals surface area contributed by atoms with Crippen molar-refractivity contribution in [2.45, 2.75) is 49.8 Å². The number of nitrogens with one attached hydrogen (secondary N) is 2. The molecule has 0 atom stereocenters. The highest BCUT2D eigenvalue weighted by atomic mass is 32.2. The number of urea groups is 1. The molecule has 160 valence electrons. The third kappa shape index (κ3) is 6.70. The van der Waals surface area contributed by atoms with E-state index in [0.29, 0.717) is 24.6 Å². The molecule has 0 bridgehead atoms. The van der Waals surface area contributed by atoms with Crippen LogP contribution in [0.2, 0.25) is 0 Å². The fourth-order valence-electron chi connectivity index (χ4n) is 3.22. The van der Waals surface area contributed by atoms with Gasteiger partial charge in [0, 0.05) is 11.9 Å². The molecule has 0 unspecified atom stereocenters. The molecule has 1 fully saturated rings. The third-order valence-electron chi connectivity index (χ3n) is 4.76. The molecule has 1 heterocycles. The van der Waals surface area contributed by atoms with Crippen molar-refractivity contribution in [3.63, 3.8) is 0 Å². The topological polar surface area (TPSA) is 96.5 Å². The summed E-state index contributed by atoms with van der Waals surface area (Å²) in [5.74, 6) is 0.911. The van der Waals surface area contributed by atoms with Crippen LogP contribution in [0.1, 0.15) is 37.1 Å². The fraction of sp³-hybridized carbons (Fsp3) is 0.429. The predicted octanol–water partition coefficient (Wildman–Crippen LogP) is 2.94. The Hall–Kier alpha value is -2.65. The minimum Gasteiger partial charge on any atom is -0.490 e. The number of ether oxygens (including phenoxy) is 1. The second-order valence-electron chi connectivity index (χ2n) is 7.02. The summed E-state index contributed by atoms with van der Waals surface area (Å²) in [5, 5.41) is 2.51. The number of hydrogen-bond acceptors (Lipinski definition) is 7. The van der Waals surface area contributed by atoms with E-state index < -0.39 is 0 Å². The maximum absolute atomic E-state index is 11.8. The first-order valence-corrected chi connectivity index (χ1v) is 10.9. The van der Waals surface area contributed by atoms with Gasteiger partial charge in [-0.1, -0.05) is 6.07 Å². The Labute approximate surface area is 180 Å². The van der Waals surface area contributed by atoms with E-state index in [1.807, 2.05) is 24.3 Å². The van der Waals surface area contributed by atoms with Crippen LogP contribution in [-0.4, -0.2) is 46.9 Å². The summed E-state index contributed by atoms with van der Waals surface area (Å²) in [6.07, 6.45) is 9.11. The van der Waals surface area contributed by atoms with Crippen molar-refractivity contribution in [3.8, 4) is 5.75 Å². The first-order valence-electron chi connectivity index (χ1n) is 10.0. The second kappa shape index (κ2) is 11.5. The molecule has 3 rings (SSSR count). The van der Waals surface area contributed by atoms with Gasteiger partial charge in [-0.05, 0) is 55.8 Å². The van der Waals surface area contributed by atoms with E-state index in [1.54, 1.807) is 12.4 Å². The Morgan fingerprint density at radius 1 is 1.27 bits per heavy atom. The number of amides is 2. The first kappa shape index (κ1) is 22.0. The van der Waals surface area contributed by atoms with Gasteiger partial charge < -0.3 is 19.7 Å². The van der Waals surface area contributed by atoms with E-state index in [4.69, 9.17) is 4.74 Å². The minimum atomic E-state index is -0.329. The quantitative estimate of drug-likeness (QED) is 0.443. The Kier molecular flexibility index (Phi) is 8.46. The van der Waals surface area contributed by atoms with E-state index in [2.05, 4.69) is 20.0 Å². The monoisotopic (exact) mass is 429 g/mol. The van der Waals surface area contributed by atoms with Crippen LogP contribution in [0.5, 0.6) is 5.75 Å². The number of carbonyl (C=O) groups is 2. The normalized spacial score (nSPS) is 13.8. The lowest BCUT2D eigenvalue weighted by Gasteiger charge is -2.18. The molecule has 1 saturated carbocycles. The molecule has 0 spiro atoms. The van der Waals surface area contributed by atoms with Crippen molar-refractivity contribution in [1.82, 2.24) is 24.9 Å². The maximum Gasteiger partial charge on any atom is 0.317 e.